The molecule has 0 spiro atoms. The lowest BCUT2D eigenvalue weighted by molar-refractivity contribution is -0.146. The van der Waals surface area contributed by atoms with Crippen molar-refractivity contribution in [1.29, 1.82) is 0 Å². The Kier molecular flexibility index (Phi) is 12.2. The molecular formula is C13H28ClNO2. The predicted octanol–water partition coefficient (Wildman–Crippen LogP) is 3.01. The fourth-order valence-electron chi connectivity index (χ4n) is 1.58. The average molecular weight is 266 g/mol. The van der Waals surface area contributed by atoms with E-state index < -0.39 is 0 Å². The average Bonchev–Trinajstić information content (AvgIpc) is 2.24. The summed E-state index contributed by atoms with van der Waals surface area (Å²) in [7, 11) is 0. The van der Waals surface area contributed by atoms with Gasteiger partial charge in [-0.3, -0.25) is 4.79 Å². The highest BCUT2D eigenvalue weighted by molar-refractivity contribution is 5.85. The summed E-state index contributed by atoms with van der Waals surface area (Å²) in [4.78, 5) is 11.5. The molecule has 0 heterocycles. The first-order valence-electron chi connectivity index (χ1n) is 6.35. The van der Waals surface area contributed by atoms with E-state index in [9.17, 15) is 4.79 Å². The normalized spacial score (nSPS) is 14.0. The number of halogens is 1. The molecule has 0 aromatic heterocycles. The summed E-state index contributed by atoms with van der Waals surface area (Å²) >= 11 is 0. The molecule has 0 rings (SSSR count). The van der Waals surface area contributed by atoms with Crippen LogP contribution in [0.3, 0.4) is 0 Å². The van der Waals surface area contributed by atoms with Gasteiger partial charge in [0, 0.05) is 6.42 Å². The molecule has 0 aromatic rings. The van der Waals surface area contributed by atoms with E-state index >= 15 is 0 Å². The summed E-state index contributed by atoms with van der Waals surface area (Å²) < 4.78 is 5.21. The molecule has 104 valence electrons. The van der Waals surface area contributed by atoms with Gasteiger partial charge in [0.15, 0.2) is 0 Å². The van der Waals surface area contributed by atoms with Crippen LogP contribution in [0.4, 0.5) is 0 Å². The zero-order valence-corrected chi connectivity index (χ0v) is 12.4. The molecule has 17 heavy (non-hydrogen) atoms. The second-order valence-corrected chi connectivity index (χ2v) is 5.13. The van der Waals surface area contributed by atoms with Gasteiger partial charge in [-0.25, -0.2) is 0 Å². The molecule has 0 bridgehead atoms. The molecular weight excluding hydrogens is 238 g/mol. The summed E-state index contributed by atoms with van der Waals surface area (Å²) in [5, 5.41) is 0. The number of rotatable bonds is 8. The molecule has 0 fully saturated rings. The van der Waals surface area contributed by atoms with E-state index in [1.807, 2.05) is 0 Å². The minimum Gasteiger partial charge on any atom is -0.465 e. The molecule has 2 atom stereocenters. The predicted molar refractivity (Wildman–Crippen MR) is 74.3 cm³/mol. The van der Waals surface area contributed by atoms with E-state index in [1.165, 1.54) is 0 Å². The number of hydrogen-bond donors (Lipinski definition) is 1. The molecule has 3 nitrogen and oxygen atoms in total. The van der Waals surface area contributed by atoms with Crippen LogP contribution in [-0.4, -0.2) is 19.1 Å². The van der Waals surface area contributed by atoms with Gasteiger partial charge in [-0.15, -0.1) is 12.4 Å². The van der Waals surface area contributed by atoms with E-state index in [1.54, 1.807) is 0 Å². The molecule has 4 heteroatoms. The fourth-order valence-corrected chi connectivity index (χ4v) is 1.58. The molecule has 0 saturated carbocycles. The van der Waals surface area contributed by atoms with Gasteiger partial charge in [0.25, 0.3) is 0 Å². The van der Waals surface area contributed by atoms with Crippen LogP contribution in [0.2, 0.25) is 0 Å². The van der Waals surface area contributed by atoms with E-state index in [4.69, 9.17) is 10.5 Å². The Balaban J connectivity index is 0. The Labute approximate surface area is 112 Å². The molecule has 0 aliphatic rings. The van der Waals surface area contributed by atoms with Crippen molar-refractivity contribution in [2.45, 2.75) is 47.0 Å². The van der Waals surface area contributed by atoms with E-state index in [0.29, 0.717) is 31.4 Å². The maximum Gasteiger partial charge on any atom is 0.306 e. The van der Waals surface area contributed by atoms with Crippen LogP contribution in [0.15, 0.2) is 0 Å². The number of carbonyl (C=O) groups is 1. The number of nitrogens with two attached hydrogens (primary N) is 1. The summed E-state index contributed by atoms with van der Waals surface area (Å²) in [5.74, 6) is 1.20. The van der Waals surface area contributed by atoms with Crippen molar-refractivity contribution in [1.82, 2.24) is 0 Å². The number of ether oxygens (including phenoxy) is 1. The third-order valence-corrected chi connectivity index (χ3v) is 2.82. The third-order valence-electron chi connectivity index (χ3n) is 2.82. The quantitative estimate of drug-likeness (QED) is 0.687. The lowest BCUT2D eigenvalue weighted by Gasteiger charge is -2.17. The first-order valence-corrected chi connectivity index (χ1v) is 6.35. The summed E-state index contributed by atoms with van der Waals surface area (Å²) in [6.07, 6.45) is 2.50. The zero-order valence-electron chi connectivity index (χ0n) is 11.6. The molecule has 0 aliphatic carbocycles. The smallest absolute Gasteiger partial charge is 0.306 e. The first-order chi connectivity index (χ1) is 7.49. The maximum atomic E-state index is 11.5. The van der Waals surface area contributed by atoms with Crippen LogP contribution < -0.4 is 5.73 Å². The van der Waals surface area contributed by atoms with Crippen LogP contribution in [0.1, 0.15) is 47.0 Å². The minimum absolute atomic E-state index is 0. The summed E-state index contributed by atoms with van der Waals surface area (Å²) in [5.41, 5.74) is 5.64. The summed E-state index contributed by atoms with van der Waals surface area (Å²) in [6, 6.07) is 0. The lowest BCUT2D eigenvalue weighted by Crippen LogP contribution is -2.22. The largest absolute Gasteiger partial charge is 0.465 e. The monoisotopic (exact) mass is 265 g/mol. The lowest BCUT2D eigenvalue weighted by atomic mass is 9.94. The van der Waals surface area contributed by atoms with Crippen molar-refractivity contribution in [3.05, 3.63) is 0 Å². The second-order valence-electron chi connectivity index (χ2n) is 5.13. The van der Waals surface area contributed by atoms with Crippen molar-refractivity contribution in [2.75, 3.05) is 13.2 Å². The highest BCUT2D eigenvalue weighted by Crippen LogP contribution is 2.15. The van der Waals surface area contributed by atoms with Gasteiger partial charge in [0.2, 0.25) is 0 Å². The Bertz CT molecular complexity index is 198. The van der Waals surface area contributed by atoms with Crippen molar-refractivity contribution < 1.29 is 9.53 Å². The van der Waals surface area contributed by atoms with Crippen LogP contribution in [-0.2, 0) is 9.53 Å². The second kappa shape index (κ2) is 10.8. The number of carbonyl (C=O) groups excluding carboxylic acids is 1. The van der Waals surface area contributed by atoms with Gasteiger partial charge in [0.05, 0.1) is 6.61 Å². The topological polar surface area (TPSA) is 52.3 Å². The van der Waals surface area contributed by atoms with E-state index in [2.05, 4.69) is 27.7 Å². The van der Waals surface area contributed by atoms with Gasteiger partial charge < -0.3 is 10.5 Å². The third kappa shape index (κ3) is 10.6. The standard InChI is InChI=1S/C13H27NO2.ClH/c1-5-11(4)9-16-13(15)7-12(8-14)6-10(2)3;/h10-12H,5-9,14H2,1-4H3;1H/t11?,12-;/m0./s1. The fraction of sp³-hybridized carbons (Fsp3) is 0.923. The van der Waals surface area contributed by atoms with Crippen molar-refractivity contribution >= 4 is 18.4 Å². The van der Waals surface area contributed by atoms with Gasteiger partial charge in [-0.1, -0.05) is 34.1 Å². The Hall–Kier alpha value is -0.280. The highest BCUT2D eigenvalue weighted by atomic mass is 35.5. The van der Waals surface area contributed by atoms with Crippen LogP contribution in [0.25, 0.3) is 0 Å². The summed E-state index contributed by atoms with van der Waals surface area (Å²) in [6.45, 7) is 9.58. The van der Waals surface area contributed by atoms with Crippen molar-refractivity contribution in [3.8, 4) is 0 Å². The maximum absolute atomic E-state index is 11.5. The number of hydrogen-bond acceptors (Lipinski definition) is 3. The van der Waals surface area contributed by atoms with Gasteiger partial charge >= 0.3 is 5.97 Å². The highest BCUT2D eigenvalue weighted by Gasteiger charge is 2.15. The Morgan fingerprint density at radius 1 is 1.29 bits per heavy atom. The molecule has 0 aliphatic heterocycles. The van der Waals surface area contributed by atoms with Crippen LogP contribution >= 0.6 is 12.4 Å². The zero-order chi connectivity index (χ0) is 12.6. The molecule has 0 saturated heterocycles. The molecule has 0 amide bonds. The SMILES string of the molecule is CCC(C)COC(=O)C[C@@H](CN)CC(C)C.Cl. The van der Waals surface area contributed by atoms with Crippen LogP contribution in [0, 0.1) is 17.8 Å². The molecule has 1 unspecified atom stereocenters. The van der Waals surface area contributed by atoms with E-state index in [0.717, 1.165) is 12.8 Å². The van der Waals surface area contributed by atoms with E-state index in [-0.39, 0.29) is 24.3 Å². The van der Waals surface area contributed by atoms with Gasteiger partial charge in [-0.05, 0) is 30.7 Å². The van der Waals surface area contributed by atoms with Crippen LogP contribution in [0.5, 0.6) is 0 Å². The molecule has 0 aromatic carbocycles. The molecule has 2 N–H and O–H groups in total. The van der Waals surface area contributed by atoms with Crippen molar-refractivity contribution in [2.24, 2.45) is 23.5 Å². The van der Waals surface area contributed by atoms with Crippen molar-refractivity contribution in [3.63, 3.8) is 0 Å². The number of esters is 1. The van der Waals surface area contributed by atoms with Gasteiger partial charge in [0.1, 0.15) is 0 Å². The first kappa shape index (κ1) is 19.1. The Morgan fingerprint density at radius 3 is 2.29 bits per heavy atom. The minimum atomic E-state index is -0.101. The molecule has 0 radical (unpaired) electrons. The van der Waals surface area contributed by atoms with Gasteiger partial charge in [-0.2, -0.15) is 0 Å². The Morgan fingerprint density at radius 2 is 1.88 bits per heavy atom.